The predicted octanol–water partition coefficient (Wildman–Crippen LogP) is 3.11. The number of hydrogen-bond acceptors (Lipinski definition) is 2. The second-order valence-electron chi connectivity index (χ2n) is 5.93. The molecule has 0 amide bonds. The smallest absolute Gasteiger partial charge is 0.0969 e. The number of fused-ring (bicyclic) bond motifs is 1. The quantitative estimate of drug-likeness (QED) is 0.930. The van der Waals surface area contributed by atoms with Crippen molar-refractivity contribution in [2.45, 2.75) is 52.2 Å². The molecule has 2 aromatic rings. The Morgan fingerprint density at radius 2 is 1.85 bits per heavy atom. The average Bonchev–Trinajstić information content (AvgIpc) is 2.81. The number of aromatic nitrogens is 2. The van der Waals surface area contributed by atoms with E-state index in [-0.39, 0.29) is 0 Å². The first-order chi connectivity index (χ1) is 9.63. The van der Waals surface area contributed by atoms with Gasteiger partial charge in [0.25, 0.3) is 0 Å². The summed E-state index contributed by atoms with van der Waals surface area (Å²) in [5.74, 6) is 0. The molecule has 1 unspecified atom stereocenters. The molecule has 0 spiro atoms. The Kier molecular flexibility index (Phi) is 3.62. The van der Waals surface area contributed by atoms with Crippen LogP contribution in [0.1, 0.15) is 47.0 Å². The molecule has 1 aliphatic carbocycles. The summed E-state index contributed by atoms with van der Waals surface area (Å²) in [6.45, 7) is 4.75. The molecule has 1 atom stereocenters. The number of aryl methyl sites for hydroxylation is 3. The fourth-order valence-electron chi connectivity index (χ4n) is 3.18. The average molecular weight is 270 g/mol. The fraction of sp³-hybridized carbons (Fsp3) is 0.471. The highest BCUT2D eigenvalue weighted by Crippen LogP contribution is 2.23. The number of hydrogen-bond donors (Lipinski definition) is 1. The van der Waals surface area contributed by atoms with Crippen LogP contribution in [-0.2, 0) is 19.4 Å². The molecule has 0 bridgehead atoms. The van der Waals surface area contributed by atoms with Crippen LogP contribution in [0.15, 0.2) is 24.5 Å². The third-order valence-corrected chi connectivity index (χ3v) is 4.11. The number of rotatable bonds is 3. The molecule has 3 heteroatoms. The van der Waals surface area contributed by atoms with Crippen molar-refractivity contribution >= 4 is 0 Å². The Labute approximate surface area is 120 Å². The van der Waals surface area contributed by atoms with E-state index >= 15 is 0 Å². The summed E-state index contributed by atoms with van der Waals surface area (Å²) in [6.07, 6.45) is 6.08. The molecule has 3 nitrogen and oxygen atoms in total. The second-order valence-corrected chi connectivity index (χ2v) is 5.93. The number of aliphatic hydroxyl groups excluding tert-OH is 1. The lowest BCUT2D eigenvalue weighted by molar-refractivity contribution is 0.155. The van der Waals surface area contributed by atoms with Crippen molar-refractivity contribution in [3.63, 3.8) is 0 Å². The van der Waals surface area contributed by atoms with E-state index in [0.717, 1.165) is 18.4 Å². The molecular formula is C17H22N2O. The summed E-state index contributed by atoms with van der Waals surface area (Å²) < 4.78 is 2.14. The van der Waals surface area contributed by atoms with Crippen LogP contribution < -0.4 is 0 Å². The van der Waals surface area contributed by atoms with Crippen LogP contribution >= 0.6 is 0 Å². The third-order valence-electron chi connectivity index (χ3n) is 4.11. The normalized spacial score (nSPS) is 15.9. The highest BCUT2D eigenvalue weighted by Gasteiger charge is 2.17. The Bertz CT molecular complexity index is 595. The molecule has 1 aromatic carbocycles. The maximum Gasteiger partial charge on any atom is 0.0969 e. The molecule has 106 valence electrons. The monoisotopic (exact) mass is 270 g/mol. The summed E-state index contributed by atoms with van der Waals surface area (Å²) in [7, 11) is 0. The van der Waals surface area contributed by atoms with Crippen LogP contribution in [0.2, 0.25) is 0 Å². The molecule has 0 saturated heterocycles. The summed E-state index contributed by atoms with van der Waals surface area (Å²) >= 11 is 0. The molecule has 3 rings (SSSR count). The van der Waals surface area contributed by atoms with Gasteiger partial charge in [-0.15, -0.1) is 0 Å². The van der Waals surface area contributed by atoms with Gasteiger partial charge in [0.1, 0.15) is 0 Å². The van der Waals surface area contributed by atoms with Gasteiger partial charge in [-0.3, -0.25) is 0 Å². The van der Waals surface area contributed by atoms with Crippen molar-refractivity contribution in [1.82, 2.24) is 9.55 Å². The SMILES string of the molecule is Cc1cc(C)cc(C(O)Cn2cnc3c2CCCC3)c1. The van der Waals surface area contributed by atoms with E-state index in [1.165, 1.54) is 35.4 Å². The van der Waals surface area contributed by atoms with Crippen LogP contribution in [0.3, 0.4) is 0 Å². The topological polar surface area (TPSA) is 38.0 Å². The molecule has 1 heterocycles. The van der Waals surface area contributed by atoms with Crippen molar-refractivity contribution in [3.05, 3.63) is 52.6 Å². The van der Waals surface area contributed by atoms with Crippen LogP contribution in [0.4, 0.5) is 0 Å². The third kappa shape index (κ3) is 2.63. The van der Waals surface area contributed by atoms with E-state index in [1.807, 2.05) is 6.33 Å². The lowest BCUT2D eigenvalue weighted by atomic mass is 10.0. The molecule has 1 N–H and O–H groups in total. The first-order valence-electron chi connectivity index (χ1n) is 7.42. The molecular weight excluding hydrogens is 248 g/mol. The van der Waals surface area contributed by atoms with E-state index in [4.69, 9.17) is 0 Å². The standard InChI is InChI=1S/C17H22N2O/c1-12-7-13(2)9-14(8-12)17(20)10-19-11-18-15-5-3-4-6-16(15)19/h7-9,11,17,20H,3-6,10H2,1-2H3. The zero-order valence-electron chi connectivity index (χ0n) is 12.3. The molecule has 0 fully saturated rings. The highest BCUT2D eigenvalue weighted by molar-refractivity contribution is 5.30. The number of benzene rings is 1. The van der Waals surface area contributed by atoms with Gasteiger partial charge in [0.2, 0.25) is 0 Å². The zero-order valence-corrected chi connectivity index (χ0v) is 12.3. The van der Waals surface area contributed by atoms with E-state index in [2.05, 4.69) is 41.6 Å². The van der Waals surface area contributed by atoms with E-state index in [9.17, 15) is 5.11 Å². The van der Waals surface area contributed by atoms with Crippen LogP contribution in [-0.4, -0.2) is 14.7 Å². The first kappa shape index (κ1) is 13.4. The molecule has 0 aliphatic heterocycles. The summed E-state index contributed by atoms with van der Waals surface area (Å²) in [5.41, 5.74) is 5.95. The van der Waals surface area contributed by atoms with Crippen molar-refractivity contribution in [2.24, 2.45) is 0 Å². The van der Waals surface area contributed by atoms with Crippen LogP contribution in [0, 0.1) is 13.8 Å². The van der Waals surface area contributed by atoms with Gasteiger partial charge < -0.3 is 9.67 Å². The molecule has 1 aromatic heterocycles. The summed E-state index contributed by atoms with van der Waals surface area (Å²) in [5, 5.41) is 10.5. The van der Waals surface area contributed by atoms with Crippen molar-refractivity contribution < 1.29 is 5.11 Å². The van der Waals surface area contributed by atoms with Crippen LogP contribution in [0.5, 0.6) is 0 Å². The van der Waals surface area contributed by atoms with E-state index in [0.29, 0.717) is 6.54 Å². The van der Waals surface area contributed by atoms with Gasteiger partial charge in [0, 0.05) is 5.69 Å². The Morgan fingerprint density at radius 3 is 2.60 bits per heavy atom. The number of imidazole rings is 1. The van der Waals surface area contributed by atoms with Gasteiger partial charge >= 0.3 is 0 Å². The van der Waals surface area contributed by atoms with Gasteiger partial charge in [-0.2, -0.15) is 0 Å². The Balaban J connectivity index is 1.82. The summed E-state index contributed by atoms with van der Waals surface area (Å²) in [6, 6.07) is 6.28. The first-order valence-corrected chi connectivity index (χ1v) is 7.42. The maximum absolute atomic E-state index is 10.5. The summed E-state index contributed by atoms with van der Waals surface area (Å²) in [4.78, 5) is 4.49. The Hall–Kier alpha value is -1.61. The van der Waals surface area contributed by atoms with Gasteiger partial charge in [0.05, 0.1) is 24.7 Å². The predicted molar refractivity (Wildman–Crippen MR) is 79.7 cm³/mol. The second kappa shape index (κ2) is 5.41. The highest BCUT2D eigenvalue weighted by atomic mass is 16.3. The molecule has 1 aliphatic rings. The van der Waals surface area contributed by atoms with Crippen molar-refractivity contribution in [2.75, 3.05) is 0 Å². The van der Waals surface area contributed by atoms with Gasteiger partial charge in [-0.1, -0.05) is 29.3 Å². The Morgan fingerprint density at radius 1 is 1.15 bits per heavy atom. The molecule has 0 saturated carbocycles. The number of aliphatic hydroxyl groups is 1. The molecule has 20 heavy (non-hydrogen) atoms. The van der Waals surface area contributed by atoms with Gasteiger partial charge in [0.15, 0.2) is 0 Å². The number of nitrogens with zero attached hydrogens (tertiary/aromatic N) is 2. The van der Waals surface area contributed by atoms with Crippen molar-refractivity contribution in [1.29, 1.82) is 0 Å². The van der Waals surface area contributed by atoms with Crippen molar-refractivity contribution in [3.8, 4) is 0 Å². The lowest BCUT2D eigenvalue weighted by Crippen LogP contribution is -2.13. The van der Waals surface area contributed by atoms with Crippen LogP contribution in [0.25, 0.3) is 0 Å². The minimum Gasteiger partial charge on any atom is -0.387 e. The largest absolute Gasteiger partial charge is 0.387 e. The minimum absolute atomic E-state index is 0.464. The maximum atomic E-state index is 10.5. The zero-order chi connectivity index (χ0) is 14.1. The lowest BCUT2D eigenvalue weighted by Gasteiger charge is -2.18. The van der Waals surface area contributed by atoms with Gasteiger partial charge in [-0.25, -0.2) is 4.98 Å². The minimum atomic E-state index is -0.464. The van der Waals surface area contributed by atoms with E-state index < -0.39 is 6.10 Å². The molecule has 0 radical (unpaired) electrons. The van der Waals surface area contributed by atoms with Gasteiger partial charge in [-0.05, 0) is 45.1 Å². The fourth-order valence-corrected chi connectivity index (χ4v) is 3.18. The van der Waals surface area contributed by atoms with E-state index in [1.54, 1.807) is 0 Å².